The zero-order valence-corrected chi connectivity index (χ0v) is 28.2. The first kappa shape index (κ1) is 31.6. The van der Waals surface area contributed by atoms with E-state index >= 15 is 0 Å². The molecule has 5 heterocycles. The van der Waals surface area contributed by atoms with Crippen LogP contribution in [0.4, 0.5) is 10.6 Å². The third kappa shape index (κ3) is 5.67. The third-order valence-electron chi connectivity index (χ3n) is 9.54. The van der Waals surface area contributed by atoms with E-state index in [1.54, 1.807) is 17.8 Å². The van der Waals surface area contributed by atoms with Crippen LogP contribution in [0.5, 0.6) is 0 Å². The molecule has 2 saturated heterocycles. The number of ether oxygens (including phenoxy) is 3. The fourth-order valence-electron chi connectivity index (χ4n) is 7.33. The first-order chi connectivity index (χ1) is 22.5. The molecule has 4 atom stereocenters. The van der Waals surface area contributed by atoms with Crippen LogP contribution in [0, 0.1) is 17.3 Å². The third-order valence-corrected chi connectivity index (χ3v) is 9.95. The monoisotopic (exact) mass is 664 g/mol. The molecule has 14 heteroatoms. The highest BCUT2D eigenvalue weighted by Gasteiger charge is 2.71. The Morgan fingerprint density at radius 1 is 1.17 bits per heavy atom. The largest absolute Gasteiger partial charge is 0.465 e. The molecular weight excluding hydrogens is 624 g/mol. The number of benzene rings is 1. The summed E-state index contributed by atoms with van der Waals surface area (Å²) >= 11 is 6.95. The molecular formula is C33H41ClN8O5. The van der Waals surface area contributed by atoms with E-state index in [2.05, 4.69) is 15.3 Å². The molecule has 7 rings (SSSR count). The number of carbonyl (C=O) groups is 2. The Morgan fingerprint density at radius 2 is 2.00 bits per heavy atom. The number of hydrogen-bond acceptors (Lipinski definition) is 10. The van der Waals surface area contributed by atoms with E-state index in [-0.39, 0.29) is 37.2 Å². The van der Waals surface area contributed by atoms with Gasteiger partial charge in [-0.15, -0.1) is 0 Å². The van der Waals surface area contributed by atoms with Gasteiger partial charge in [0.25, 0.3) is 0 Å². The van der Waals surface area contributed by atoms with Crippen molar-refractivity contribution in [3.8, 4) is 11.3 Å². The van der Waals surface area contributed by atoms with Gasteiger partial charge in [0.2, 0.25) is 0 Å². The Labute approximate surface area is 277 Å². The number of carbonyl (C=O) groups excluding carboxylic acids is 2. The summed E-state index contributed by atoms with van der Waals surface area (Å²) in [6.45, 7) is 9.56. The highest BCUT2D eigenvalue weighted by atomic mass is 35.5. The van der Waals surface area contributed by atoms with Crippen LogP contribution in [0.25, 0.3) is 33.3 Å². The van der Waals surface area contributed by atoms with Gasteiger partial charge in [-0.25, -0.2) is 19.4 Å². The summed E-state index contributed by atoms with van der Waals surface area (Å²) in [7, 11) is 1.87. The number of amides is 1. The van der Waals surface area contributed by atoms with Gasteiger partial charge < -0.3 is 24.4 Å². The molecule has 1 aliphatic carbocycles. The summed E-state index contributed by atoms with van der Waals surface area (Å²) < 4.78 is 20.7. The van der Waals surface area contributed by atoms with Crippen LogP contribution < -0.4 is 10.2 Å². The molecule has 0 bridgehead atoms. The number of fused-ring (bicyclic) bond motifs is 3. The molecule has 4 aromatic rings. The van der Waals surface area contributed by atoms with Crippen molar-refractivity contribution in [3.05, 3.63) is 29.5 Å². The average molecular weight is 665 g/mol. The number of aryl methyl sites for hydroxylation is 1. The predicted molar refractivity (Wildman–Crippen MR) is 176 cm³/mol. The Hall–Kier alpha value is -3.97. The number of piperidine rings is 1. The van der Waals surface area contributed by atoms with Crippen molar-refractivity contribution in [2.24, 2.45) is 24.3 Å². The summed E-state index contributed by atoms with van der Waals surface area (Å²) in [6, 6.07) is 3.87. The van der Waals surface area contributed by atoms with Crippen LogP contribution in [0.3, 0.4) is 0 Å². The van der Waals surface area contributed by atoms with Gasteiger partial charge in [0, 0.05) is 50.4 Å². The Bertz CT molecular complexity index is 1840. The second-order valence-electron chi connectivity index (χ2n) is 13.7. The minimum atomic E-state index is -0.814. The molecule has 3 aliphatic rings. The topological polar surface area (TPSA) is 139 Å². The van der Waals surface area contributed by atoms with E-state index in [0.717, 1.165) is 42.1 Å². The highest BCUT2D eigenvalue weighted by molar-refractivity contribution is 6.38. The van der Waals surface area contributed by atoms with Crippen LogP contribution in [0.15, 0.2) is 24.5 Å². The Morgan fingerprint density at radius 3 is 2.74 bits per heavy atom. The highest BCUT2D eigenvalue weighted by Crippen LogP contribution is 2.63. The van der Waals surface area contributed by atoms with Crippen molar-refractivity contribution in [1.82, 2.24) is 34.8 Å². The van der Waals surface area contributed by atoms with E-state index in [9.17, 15) is 9.59 Å². The molecule has 250 valence electrons. The van der Waals surface area contributed by atoms with Crippen molar-refractivity contribution in [1.29, 1.82) is 0 Å². The van der Waals surface area contributed by atoms with E-state index < -0.39 is 17.1 Å². The molecule has 4 unspecified atom stereocenters. The minimum Gasteiger partial charge on any atom is -0.465 e. The second-order valence-corrected chi connectivity index (χ2v) is 14.1. The zero-order valence-electron chi connectivity index (χ0n) is 27.5. The molecule has 13 nitrogen and oxygen atoms in total. The van der Waals surface area contributed by atoms with Crippen LogP contribution >= 0.6 is 11.6 Å². The standard InChI is InChI=1S/C33H41ClN8O5/c1-6-45-30(43)33(18-36-31(44)47-32(2,3)4)21-12-13-41(17-22(21)33)24-15-35-28-27(19-10-11-23-20(26(19)34)16-40(5)38-23)39-42(29(28)37-24)25-9-7-8-14-46-25/h10-11,15-16,21-22,25H,6-9,12-14,17-18H2,1-5H3,(H,36,44). The summed E-state index contributed by atoms with van der Waals surface area (Å²) in [5.41, 5.74) is 1.99. The van der Waals surface area contributed by atoms with Gasteiger partial charge in [0.15, 0.2) is 11.9 Å². The average Bonchev–Trinajstić information content (AvgIpc) is 3.28. The molecule has 1 aromatic carbocycles. The van der Waals surface area contributed by atoms with Gasteiger partial charge in [-0.1, -0.05) is 11.6 Å². The quantitative estimate of drug-likeness (QED) is 0.260. The molecule has 1 saturated carbocycles. The number of aromatic nitrogens is 6. The molecule has 1 N–H and O–H groups in total. The maximum atomic E-state index is 13.4. The maximum Gasteiger partial charge on any atom is 0.407 e. The molecule has 0 radical (unpaired) electrons. The van der Waals surface area contributed by atoms with Crippen molar-refractivity contribution in [2.75, 3.05) is 37.7 Å². The van der Waals surface area contributed by atoms with Crippen molar-refractivity contribution < 1.29 is 23.8 Å². The lowest BCUT2D eigenvalue weighted by Crippen LogP contribution is -2.40. The summed E-state index contributed by atoms with van der Waals surface area (Å²) in [5, 5.41) is 13.8. The first-order valence-electron chi connectivity index (χ1n) is 16.4. The molecule has 1 amide bonds. The van der Waals surface area contributed by atoms with E-state index in [4.69, 9.17) is 40.9 Å². The Kier molecular flexibility index (Phi) is 8.02. The number of hydrogen-bond donors (Lipinski definition) is 1. The number of halogens is 1. The lowest BCUT2D eigenvalue weighted by atomic mass is 10.0. The Balaban J connectivity index is 1.20. The number of nitrogens with one attached hydrogen (secondary N) is 1. The normalized spacial score (nSPS) is 24.3. The number of anilines is 1. The number of rotatable bonds is 7. The van der Waals surface area contributed by atoms with Gasteiger partial charge in [-0.2, -0.15) is 10.2 Å². The number of esters is 1. The summed E-state index contributed by atoms with van der Waals surface area (Å²) in [4.78, 5) is 38.1. The van der Waals surface area contributed by atoms with Crippen molar-refractivity contribution in [3.63, 3.8) is 0 Å². The molecule has 47 heavy (non-hydrogen) atoms. The second kappa shape index (κ2) is 11.9. The smallest absolute Gasteiger partial charge is 0.407 e. The van der Waals surface area contributed by atoms with Gasteiger partial charge in [-0.3, -0.25) is 9.48 Å². The summed E-state index contributed by atoms with van der Waals surface area (Å²) in [6.07, 6.45) is 6.45. The van der Waals surface area contributed by atoms with Gasteiger partial charge in [0.05, 0.1) is 28.8 Å². The summed E-state index contributed by atoms with van der Waals surface area (Å²) in [5.74, 6) is 0.476. The van der Waals surface area contributed by atoms with Gasteiger partial charge in [-0.05, 0) is 77.3 Å². The first-order valence-corrected chi connectivity index (χ1v) is 16.8. The van der Waals surface area contributed by atoms with E-state index in [1.165, 1.54) is 0 Å². The predicted octanol–water partition coefficient (Wildman–Crippen LogP) is 5.26. The fourth-order valence-corrected chi connectivity index (χ4v) is 7.63. The lowest BCUT2D eigenvalue weighted by Gasteiger charge is -2.27. The van der Waals surface area contributed by atoms with Crippen LogP contribution in [0.1, 0.15) is 59.6 Å². The van der Waals surface area contributed by atoms with Crippen LogP contribution in [-0.2, 0) is 26.1 Å². The number of alkyl carbamates (subject to hydrolysis) is 1. The molecule has 0 spiro atoms. The van der Waals surface area contributed by atoms with Crippen molar-refractivity contribution in [2.45, 2.75) is 65.2 Å². The van der Waals surface area contributed by atoms with Gasteiger partial charge in [0.1, 0.15) is 22.6 Å². The van der Waals surface area contributed by atoms with E-state index in [0.29, 0.717) is 47.4 Å². The minimum absolute atomic E-state index is 0.0186. The maximum absolute atomic E-state index is 13.4. The lowest BCUT2D eigenvalue weighted by molar-refractivity contribution is -0.150. The number of nitrogens with zero attached hydrogens (tertiary/aromatic N) is 7. The van der Waals surface area contributed by atoms with Crippen LogP contribution in [0.2, 0.25) is 5.02 Å². The SMILES string of the molecule is CCOC(=O)C1(CNC(=O)OC(C)(C)C)C2CCN(c3cnc4c(-c5ccc6nn(C)cc6c5Cl)nn(C5CCCCO5)c4n3)CC21. The van der Waals surface area contributed by atoms with Crippen molar-refractivity contribution >= 4 is 51.5 Å². The van der Waals surface area contributed by atoms with E-state index in [1.807, 2.05) is 50.8 Å². The van der Waals surface area contributed by atoms with Gasteiger partial charge >= 0.3 is 12.1 Å². The molecule has 3 fully saturated rings. The van der Waals surface area contributed by atoms with Crippen LogP contribution in [-0.4, -0.2) is 80.0 Å². The molecule has 2 aliphatic heterocycles. The zero-order chi connectivity index (χ0) is 33.1. The fraction of sp³-hybridized carbons (Fsp3) is 0.576. The molecule has 3 aromatic heterocycles.